The second-order valence-corrected chi connectivity index (χ2v) is 6.16. The number of ketones is 1. The smallest absolute Gasteiger partial charge is 0.166 e. The lowest BCUT2D eigenvalue weighted by Gasteiger charge is -2.20. The van der Waals surface area contributed by atoms with E-state index in [1.807, 2.05) is 0 Å². The van der Waals surface area contributed by atoms with Crippen molar-refractivity contribution in [1.29, 1.82) is 0 Å². The minimum absolute atomic E-state index is 0.265. The Balaban J connectivity index is 2.20. The van der Waals surface area contributed by atoms with Gasteiger partial charge < -0.3 is 0 Å². The molecule has 1 aliphatic carbocycles. The summed E-state index contributed by atoms with van der Waals surface area (Å²) in [4.78, 5) is 12.7. The molecule has 0 N–H and O–H groups in total. The first kappa shape index (κ1) is 14.3. The fraction of sp³-hybridized carbons (Fsp3) is 0.611. The van der Waals surface area contributed by atoms with Crippen LogP contribution in [0.2, 0.25) is 0 Å². The molecule has 104 valence electrons. The number of hydrogen-bond donors (Lipinski definition) is 0. The van der Waals surface area contributed by atoms with Crippen molar-refractivity contribution in [2.45, 2.75) is 65.7 Å². The fourth-order valence-electron chi connectivity index (χ4n) is 3.16. The normalized spacial score (nSPS) is 17.8. The summed E-state index contributed by atoms with van der Waals surface area (Å²) in [5, 5.41) is 0. The Bertz CT molecular complexity index is 451. The summed E-state index contributed by atoms with van der Waals surface area (Å²) in [5.41, 5.74) is 4.63. The third-order valence-corrected chi connectivity index (χ3v) is 4.58. The molecular weight excluding hydrogens is 232 g/mol. The average molecular weight is 258 g/mol. The second kappa shape index (κ2) is 6.36. The summed E-state index contributed by atoms with van der Waals surface area (Å²) < 4.78 is 0. The maximum absolute atomic E-state index is 12.7. The highest BCUT2D eigenvalue weighted by Crippen LogP contribution is 2.27. The van der Waals surface area contributed by atoms with E-state index in [1.165, 1.54) is 43.2 Å². The summed E-state index contributed by atoms with van der Waals surface area (Å²) in [6, 6.07) is 4.26. The minimum Gasteiger partial charge on any atom is -0.294 e. The molecule has 0 bridgehead atoms. The van der Waals surface area contributed by atoms with Gasteiger partial charge in [0.1, 0.15) is 0 Å². The van der Waals surface area contributed by atoms with Crippen LogP contribution in [0.25, 0.3) is 0 Å². The number of benzene rings is 1. The van der Waals surface area contributed by atoms with Gasteiger partial charge in [-0.05, 0) is 56.4 Å². The predicted molar refractivity (Wildman–Crippen MR) is 80.8 cm³/mol. The van der Waals surface area contributed by atoms with Crippen molar-refractivity contribution in [2.24, 2.45) is 5.92 Å². The van der Waals surface area contributed by atoms with Crippen LogP contribution in [0.4, 0.5) is 0 Å². The van der Waals surface area contributed by atoms with E-state index in [-0.39, 0.29) is 5.92 Å². The first-order valence-corrected chi connectivity index (χ1v) is 7.71. The van der Waals surface area contributed by atoms with Gasteiger partial charge in [-0.1, -0.05) is 38.2 Å². The third kappa shape index (κ3) is 3.46. The molecule has 1 fully saturated rings. The topological polar surface area (TPSA) is 17.1 Å². The number of rotatable bonds is 2. The standard InChI is InChI=1S/C18H26O/c1-13-11-15(3)17(12-14(13)2)18(19)16-9-7-5-4-6-8-10-16/h11-12,16H,4-10H2,1-3H3. The first-order chi connectivity index (χ1) is 9.09. The van der Waals surface area contributed by atoms with E-state index in [4.69, 9.17) is 0 Å². The fourth-order valence-corrected chi connectivity index (χ4v) is 3.16. The van der Waals surface area contributed by atoms with Crippen molar-refractivity contribution in [3.05, 3.63) is 34.4 Å². The lowest BCUT2D eigenvalue weighted by atomic mass is 9.84. The van der Waals surface area contributed by atoms with Gasteiger partial charge >= 0.3 is 0 Å². The molecule has 1 saturated carbocycles. The molecular formula is C18H26O. The van der Waals surface area contributed by atoms with Crippen LogP contribution < -0.4 is 0 Å². The molecule has 1 aromatic rings. The second-order valence-electron chi connectivity index (χ2n) is 6.16. The van der Waals surface area contributed by atoms with Crippen molar-refractivity contribution in [3.63, 3.8) is 0 Å². The van der Waals surface area contributed by atoms with Gasteiger partial charge in [-0.15, -0.1) is 0 Å². The minimum atomic E-state index is 0.265. The summed E-state index contributed by atoms with van der Waals surface area (Å²) in [5.74, 6) is 0.656. The number of carbonyl (C=O) groups excluding carboxylic acids is 1. The Hall–Kier alpha value is -1.11. The summed E-state index contributed by atoms with van der Waals surface area (Å²) in [6.45, 7) is 6.29. The molecule has 0 unspecified atom stereocenters. The van der Waals surface area contributed by atoms with E-state index in [0.717, 1.165) is 24.0 Å². The molecule has 0 spiro atoms. The summed E-state index contributed by atoms with van der Waals surface area (Å²) >= 11 is 0. The SMILES string of the molecule is Cc1cc(C)c(C(=O)C2CCCCCCC2)cc1C. The van der Waals surface area contributed by atoms with Gasteiger partial charge in [-0.2, -0.15) is 0 Å². The highest BCUT2D eigenvalue weighted by Gasteiger charge is 2.22. The van der Waals surface area contributed by atoms with Crippen LogP contribution in [0.5, 0.6) is 0 Å². The lowest BCUT2D eigenvalue weighted by molar-refractivity contribution is 0.0897. The van der Waals surface area contributed by atoms with Crippen LogP contribution in [0.3, 0.4) is 0 Å². The number of carbonyl (C=O) groups is 1. The van der Waals surface area contributed by atoms with Crippen molar-refractivity contribution in [3.8, 4) is 0 Å². The Kier molecular flexibility index (Phi) is 4.79. The van der Waals surface area contributed by atoms with E-state index in [0.29, 0.717) is 5.78 Å². The van der Waals surface area contributed by atoms with Crippen LogP contribution in [0.1, 0.15) is 72.0 Å². The maximum atomic E-state index is 12.7. The molecule has 0 radical (unpaired) electrons. The number of aryl methyl sites for hydroxylation is 3. The number of Topliss-reactive ketones (excluding diaryl/α,β-unsaturated/α-hetero) is 1. The van der Waals surface area contributed by atoms with Gasteiger partial charge in [0.25, 0.3) is 0 Å². The third-order valence-electron chi connectivity index (χ3n) is 4.58. The molecule has 2 rings (SSSR count). The molecule has 1 heteroatoms. The van der Waals surface area contributed by atoms with E-state index < -0.39 is 0 Å². The first-order valence-electron chi connectivity index (χ1n) is 7.71. The summed E-state index contributed by atoms with van der Waals surface area (Å²) in [6.07, 6.45) is 8.58. The lowest BCUT2D eigenvalue weighted by Crippen LogP contribution is -2.17. The Morgan fingerprint density at radius 2 is 1.37 bits per heavy atom. The van der Waals surface area contributed by atoms with Gasteiger partial charge in [0.05, 0.1) is 0 Å². The van der Waals surface area contributed by atoms with Gasteiger partial charge in [-0.3, -0.25) is 4.79 Å². The van der Waals surface area contributed by atoms with Crippen molar-refractivity contribution in [1.82, 2.24) is 0 Å². The molecule has 0 aliphatic heterocycles. The van der Waals surface area contributed by atoms with Crippen LogP contribution in [-0.4, -0.2) is 5.78 Å². The highest BCUT2D eigenvalue weighted by atomic mass is 16.1. The Morgan fingerprint density at radius 1 is 0.842 bits per heavy atom. The zero-order chi connectivity index (χ0) is 13.8. The van der Waals surface area contributed by atoms with Crippen molar-refractivity contribution < 1.29 is 4.79 Å². The molecule has 0 saturated heterocycles. The van der Waals surface area contributed by atoms with Gasteiger partial charge in [0.15, 0.2) is 5.78 Å². The van der Waals surface area contributed by atoms with Crippen molar-refractivity contribution in [2.75, 3.05) is 0 Å². The zero-order valence-electron chi connectivity index (χ0n) is 12.6. The molecule has 0 amide bonds. The average Bonchev–Trinajstić information content (AvgIpc) is 2.32. The monoisotopic (exact) mass is 258 g/mol. The molecule has 1 aliphatic rings. The quantitative estimate of drug-likeness (QED) is 0.670. The van der Waals surface area contributed by atoms with Crippen LogP contribution in [0, 0.1) is 26.7 Å². The van der Waals surface area contributed by atoms with Gasteiger partial charge in [0.2, 0.25) is 0 Å². The molecule has 0 heterocycles. The molecule has 19 heavy (non-hydrogen) atoms. The van der Waals surface area contributed by atoms with E-state index in [2.05, 4.69) is 32.9 Å². The van der Waals surface area contributed by atoms with Gasteiger partial charge in [0, 0.05) is 11.5 Å². The van der Waals surface area contributed by atoms with Crippen LogP contribution in [0.15, 0.2) is 12.1 Å². The molecule has 0 atom stereocenters. The highest BCUT2D eigenvalue weighted by molar-refractivity contribution is 5.99. The Morgan fingerprint density at radius 3 is 2.00 bits per heavy atom. The molecule has 1 aromatic carbocycles. The van der Waals surface area contributed by atoms with Crippen molar-refractivity contribution >= 4 is 5.78 Å². The largest absolute Gasteiger partial charge is 0.294 e. The maximum Gasteiger partial charge on any atom is 0.166 e. The van der Waals surface area contributed by atoms with Crippen LogP contribution in [-0.2, 0) is 0 Å². The molecule has 0 aromatic heterocycles. The summed E-state index contributed by atoms with van der Waals surface area (Å²) in [7, 11) is 0. The molecule has 1 nitrogen and oxygen atoms in total. The van der Waals surface area contributed by atoms with E-state index in [1.54, 1.807) is 0 Å². The predicted octanol–water partition coefficient (Wildman–Crippen LogP) is 5.16. The Labute approximate surface area is 117 Å². The van der Waals surface area contributed by atoms with E-state index >= 15 is 0 Å². The number of hydrogen-bond acceptors (Lipinski definition) is 1. The zero-order valence-corrected chi connectivity index (χ0v) is 12.6. The van der Waals surface area contributed by atoms with Gasteiger partial charge in [-0.25, -0.2) is 0 Å². The van der Waals surface area contributed by atoms with Crippen LogP contribution >= 0.6 is 0 Å². The van der Waals surface area contributed by atoms with E-state index in [9.17, 15) is 4.79 Å².